The molecule has 2 nitrogen and oxygen atoms in total. The summed E-state index contributed by atoms with van der Waals surface area (Å²) < 4.78 is 0.855. The van der Waals surface area contributed by atoms with Crippen molar-refractivity contribution in [2.24, 2.45) is 5.84 Å². The molecule has 0 aromatic heterocycles. The highest BCUT2D eigenvalue weighted by atomic mass is 79.9. The third kappa shape index (κ3) is 2.54. The average Bonchev–Trinajstić information content (AvgIpc) is 2.13. The fraction of sp³-hybridized carbons (Fsp3) is 0.111. The van der Waals surface area contributed by atoms with E-state index in [1.54, 1.807) is 6.08 Å². The fourth-order valence-electron chi connectivity index (χ4n) is 1.01. The van der Waals surface area contributed by atoms with Crippen molar-refractivity contribution in [3.05, 3.63) is 45.9 Å². The highest BCUT2D eigenvalue weighted by Crippen LogP contribution is 2.26. The van der Waals surface area contributed by atoms with Gasteiger partial charge in [0.25, 0.3) is 0 Å². The molecule has 0 spiro atoms. The Hall–Kier alpha value is -0.350. The van der Waals surface area contributed by atoms with Crippen molar-refractivity contribution in [3.63, 3.8) is 0 Å². The number of benzene rings is 1. The highest BCUT2D eigenvalue weighted by Gasteiger charge is 2.06. The molecule has 0 saturated heterocycles. The first-order valence-electron chi connectivity index (χ1n) is 3.72. The number of hydrogen-bond donors (Lipinski definition) is 2. The van der Waals surface area contributed by atoms with Gasteiger partial charge in [-0.25, -0.2) is 5.43 Å². The molecule has 0 saturated carbocycles. The topological polar surface area (TPSA) is 38.0 Å². The van der Waals surface area contributed by atoms with E-state index in [2.05, 4.69) is 27.9 Å². The molecule has 0 fully saturated rings. The van der Waals surface area contributed by atoms with Gasteiger partial charge in [-0.15, -0.1) is 6.58 Å². The van der Waals surface area contributed by atoms with Crippen molar-refractivity contribution in [3.8, 4) is 0 Å². The molecule has 0 aliphatic heterocycles. The molecule has 1 rings (SSSR count). The monoisotopic (exact) mass is 260 g/mol. The lowest BCUT2D eigenvalue weighted by molar-refractivity contribution is 0.656. The van der Waals surface area contributed by atoms with E-state index >= 15 is 0 Å². The van der Waals surface area contributed by atoms with E-state index in [0.29, 0.717) is 5.02 Å². The van der Waals surface area contributed by atoms with E-state index in [1.165, 1.54) is 0 Å². The Morgan fingerprint density at radius 1 is 1.62 bits per heavy atom. The lowest BCUT2D eigenvalue weighted by Crippen LogP contribution is -2.26. The van der Waals surface area contributed by atoms with Crippen LogP contribution >= 0.6 is 27.5 Å². The highest BCUT2D eigenvalue weighted by molar-refractivity contribution is 9.10. The van der Waals surface area contributed by atoms with Crippen molar-refractivity contribution in [1.82, 2.24) is 5.43 Å². The molecule has 1 aromatic rings. The zero-order chi connectivity index (χ0) is 9.84. The molecule has 0 bridgehead atoms. The second-order valence-corrected chi connectivity index (χ2v) is 3.82. The molecule has 13 heavy (non-hydrogen) atoms. The smallest absolute Gasteiger partial charge is 0.0638 e. The number of hydrazine groups is 1. The molecule has 0 heterocycles. The largest absolute Gasteiger partial charge is 0.271 e. The Labute approximate surface area is 90.9 Å². The van der Waals surface area contributed by atoms with Crippen LogP contribution in [0.2, 0.25) is 5.02 Å². The first kappa shape index (κ1) is 10.7. The van der Waals surface area contributed by atoms with Gasteiger partial charge in [0, 0.05) is 4.47 Å². The lowest BCUT2D eigenvalue weighted by Gasteiger charge is -2.11. The van der Waals surface area contributed by atoms with Crippen molar-refractivity contribution in [2.45, 2.75) is 6.04 Å². The van der Waals surface area contributed by atoms with Gasteiger partial charge < -0.3 is 0 Å². The standard InChI is InChI=1S/C9H10BrClN2/c1-2-9(13-12)6-3-4-8(11)7(10)5-6/h2-5,9,13H,1,12H2. The minimum absolute atomic E-state index is 0.0476. The minimum Gasteiger partial charge on any atom is -0.271 e. The van der Waals surface area contributed by atoms with Gasteiger partial charge in [-0.05, 0) is 33.6 Å². The average molecular weight is 262 g/mol. The van der Waals surface area contributed by atoms with Gasteiger partial charge in [-0.2, -0.15) is 0 Å². The van der Waals surface area contributed by atoms with Crippen molar-refractivity contribution in [1.29, 1.82) is 0 Å². The maximum atomic E-state index is 5.85. The summed E-state index contributed by atoms with van der Waals surface area (Å²) >= 11 is 9.19. The van der Waals surface area contributed by atoms with Crippen molar-refractivity contribution >= 4 is 27.5 Å². The van der Waals surface area contributed by atoms with Crippen molar-refractivity contribution < 1.29 is 0 Å². The molecule has 70 valence electrons. The van der Waals surface area contributed by atoms with Crippen LogP contribution < -0.4 is 11.3 Å². The first-order valence-corrected chi connectivity index (χ1v) is 4.89. The minimum atomic E-state index is -0.0476. The lowest BCUT2D eigenvalue weighted by atomic mass is 10.1. The number of nitrogens with two attached hydrogens (primary N) is 1. The third-order valence-corrected chi connectivity index (χ3v) is 2.93. The van der Waals surface area contributed by atoms with E-state index in [4.69, 9.17) is 17.4 Å². The quantitative estimate of drug-likeness (QED) is 0.499. The predicted molar refractivity (Wildman–Crippen MR) is 59.4 cm³/mol. The number of halogens is 2. The van der Waals surface area contributed by atoms with Crippen LogP contribution in [0.1, 0.15) is 11.6 Å². The molecule has 1 unspecified atom stereocenters. The Balaban J connectivity index is 3.01. The van der Waals surface area contributed by atoms with Crippen molar-refractivity contribution in [2.75, 3.05) is 0 Å². The van der Waals surface area contributed by atoms with E-state index in [-0.39, 0.29) is 6.04 Å². The zero-order valence-electron chi connectivity index (χ0n) is 6.93. The van der Waals surface area contributed by atoms with E-state index in [0.717, 1.165) is 10.0 Å². The second kappa shape index (κ2) is 4.77. The summed E-state index contributed by atoms with van der Waals surface area (Å²) in [4.78, 5) is 0. The Bertz CT molecular complexity index is 314. The summed E-state index contributed by atoms with van der Waals surface area (Å²) in [5, 5.41) is 0.684. The van der Waals surface area contributed by atoms with Crippen LogP contribution in [-0.2, 0) is 0 Å². The SMILES string of the molecule is C=CC(NN)c1ccc(Cl)c(Br)c1. The van der Waals surface area contributed by atoms with Crippen LogP contribution in [-0.4, -0.2) is 0 Å². The molecule has 0 amide bonds. The number of rotatable bonds is 3. The molecule has 3 N–H and O–H groups in total. The maximum absolute atomic E-state index is 5.85. The summed E-state index contributed by atoms with van der Waals surface area (Å²) in [6.45, 7) is 3.67. The zero-order valence-corrected chi connectivity index (χ0v) is 9.27. The molecule has 1 atom stereocenters. The van der Waals surface area contributed by atoms with E-state index in [1.807, 2.05) is 18.2 Å². The Morgan fingerprint density at radius 2 is 2.31 bits per heavy atom. The first-order chi connectivity index (χ1) is 6.19. The van der Waals surface area contributed by atoms with Gasteiger partial charge >= 0.3 is 0 Å². The van der Waals surface area contributed by atoms with Crippen LogP contribution in [0.3, 0.4) is 0 Å². The van der Waals surface area contributed by atoms with Crippen LogP contribution in [0, 0.1) is 0 Å². The van der Waals surface area contributed by atoms with Crippen LogP contribution in [0.4, 0.5) is 0 Å². The predicted octanol–water partition coefficient (Wildman–Crippen LogP) is 2.79. The Kier molecular flexibility index (Phi) is 3.93. The summed E-state index contributed by atoms with van der Waals surface area (Å²) in [6, 6.07) is 5.58. The summed E-state index contributed by atoms with van der Waals surface area (Å²) in [5.41, 5.74) is 3.65. The van der Waals surface area contributed by atoms with Gasteiger partial charge in [-0.3, -0.25) is 5.84 Å². The normalized spacial score (nSPS) is 12.5. The summed E-state index contributed by atoms with van der Waals surface area (Å²) in [7, 11) is 0. The third-order valence-electron chi connectivity index (χ3n) is 1.72. The van der Waals surface area contributed by atoms with Crippen LogP contribution in [0.25, 0.3) is 0 Å². The molecule has 4 heteroatoms. The molecule has 0 radical (unpaired) electrons. The molecular formula is C9H10BrClN2. The van der Waals surface area contributed by atoms with Crippen LogP contribution in [0.15, 0.2) is 35.3 Å². The van der Waals surface area contributed by atoms with Gasteiger partial charge in [-0.1, -0.05) is 23.7 Å². The molecule has 0 aliphatic carbocycles. The molecule has 1 aromatic carbocycles. The second-order valence-electron chi connectivity index (χ2n) is 2.55. The molecular weight excluding hydrogens is 251 g/mol. The maximum Gasteiger partial charge on any atom is 0.0638 e. The van der Waals surface area contributed by atoms with Gasteiger partial charge in [0.1, 0.15) is 0 Å². The van der Waals surface area contributed by atoms with Gasteiger partial charge in [0.15, 0.2) is 0 Å². The number of nitrogens with one attached hydrogen (secondary N) is 1. The summed E-state index contributed by atoms with van der Waals surface area (Å²) in [6.07, 6.45) is 1.73. The fourth-order valence-corrected chi connectivity index (χ4v) is 1.52. The summed E-state index contributed by atoms with van der Waals surface area (Å²) in [5.74, 6) is 5.33. The molecule has 0 aliphatic rings. The number of hydrogen-bond acceptors (Lipinski definition) is 2. The van der Waals surface area contributed by atoms with E-state index < -0.39 is 0 Å². The van der Waals surface area contributed by atoms with Crippen LogP contribution in [0.5, 0.6) is 0 Å². The van der Waals surface area contributed by atoms with Gasteiger partial charge in [0.2, 0.25) is 0 Å². The van der Waals surface area contributed by atoms with E-state index in [9.17, 15) is 0 Å². The Morgan fingerprint density at radius 3 is 2.77 bits per heavy atom. The van der Waals surface area contributed by atoms with Gasteiger partial charge in [0.05, 0.1) is 11.1 Å².